The molecule has 0 atom stereocenters. The third-order valence-corrected chi connectivity index (χ3v) is 5.22. The third kappa shape index (κ3) is 3.20. The zero-order chi connectivity index (χ0) is 17.4. The number of nitrogens with two attached hydrogens (primary N) is 1. The van der Waals surface area contributed by atoms with Crippen molar-refractivity contribution in [3.63, 3.8) is 0 Å². The van der Waals surface area contributed by atoms with E-state index in [1.165, 1.54) is 0 Å². The summed E-state index contributed by atoms with van der Waals surface area (Å²) in [5.74, 6) is 0. The van der Waals surface area contributed by atoms with Gasteiger partial charge in [0.15, 0.2) is 0 Å². The third-order valence-electron chi connectivity index (χ3n) is 4.17. The summed E-state index contributed by atoms with van der Waals surface area (Å²) in [5, 5.41) is 0.973. The lowest BCUT2D eigenvalue weighted by Crippen LogP contribution is -1.94. The highest BCUT2D eigenvalue weighted by molar-refractivity contribution is 9.10. The van der Waals surface area contributed by atoms with E-state index in [1.54, 1.807) is 0 Å². The fraction of sp³-hybridized carbons (Fsp3) is 0. The van der Waals surface area contributed by atoms with Crippen LogP contribution < -0.4 is 5.73 Å². The second-order valence-electron chi connectivity index (χ2n) is 5.81. The van der Waals surface area contributed by atoms with Crippen LogP contribution in [-0.2, 0) is 0 Å². The quantitative estimate of drug-likeness (QED) is 0.344. The van der Waals surface area contributed by atoms with Gasteiger partial charge < -0.3 is 5.73 Å². The Morgan fingerprint density at radius 1 is 0.720 bits per heavy atom. The van der Waals surface area contributed by atoms with E-state index in [2.05, 4.69) is 62.2 Å². The molecule has 0 spiro atoms. The van der Waals surface area contributed by atoms with E-state index in [1.807, 2.05) is 42.5 Å². The second-order valence-corrected chi connectivity index (χ2v) is 7.64. The maximum Gasteiger partial charge on any atom is 0.0788 e. The number of nitrogen functional groups attached to an aromatic ring is 1. The van der Waals surface area contributed by atoms with Crippen molar-refractivity contribution in [2.45, 2.75) is 0 Å². The Morgan fingerprint density at radius 2 is 1.32 bits per heavy atom. The molecule has 4 aromatic rings. The first kappa shape index (κ1) is 16.3. The van der Waals surface area contributed by atoms with Gasteiger partial charge >= 0.3 is 0 Å². The molecular weight excluding hydrogens is 440 g/mol. The maximum absolute atomic E-state index is 6.18. The number of benzene rings is 3. The van der Waals surface area contributed by atoms with Crippen LogP contribution in [0.5, 0.6) is 0 Å². The van der Waals surface area contributed by atoms with Gasteiger partial charge in [-0.15, -0.1) is 0 Å². The van der Waals surface area contributed by atoms with Crippen molar-refractivity contribution < 1.29 is 0 Å². The summed E-state index contributed by atoms with van der Waals surface area (Å²) in [4.78, 5) is 4.93. The van der Waals surface area contributed by atoms with Gasteiger partial charge in [-0.2, -0.15) is 0 Å². The molecule has 1 aromatic heterocycles. The van der Waals surface area contributed by atoms with E-state index in [9.17, 15) is 0 Å². The minimum Gasteiger partial charge on any atom is -0.398 e. The smallest absolute Gasteiger partial charge is 0.0788 e. The van der Waals surface area contributed by atoms with Crippen molar-refractivity contribution >= 4 is 48.5 Å². The molecule has 0 aliphatic heterocycles. The van der Waals surface area contributed by atoms with E-state index in [-0.39, 0.29) is 0 Å². The zero-order valence-corrected chi connectivity index (χ0v) is 16.4. The van der Waals surface area contributed by atoms with Crippen molar-refractivity contribution in [3.8, 4) is 22.4 Å². The SMILES string of the molecule is Nc1cccc2nc(-c3ccc(Br)cc3)c(-c3ccc(Br)cc3)cc12. The average Bonchev–Trinajstić information content (AvgIpc) is 2.63. The van der Waals surface area contributed by atoms with Crippen LogP contribution in [0, 0.1) is 0 Å². The lowest BCUT2D eigenvalue weighted by Gasteiger charge is -2.13. The van der Waals surface area contributed by atoms with E-state index < -0.39 is 0 Å². The molecule has 0 fully saturated rings. The lowest BCUT2D eigenvalue weighted by atomic mass is 9.97. The molecule has 2 nitrogen and oxygen atoms in total. The van der Waals surface area contributed by atoms with Crippen molar-refractivity contribution in [1.29, 1.82) is 0 Å². The molecule has 0 bridgehead atoms. The average molecular weight is 454 g/mol. The summed E-state index contributed by atoms with van der Waals surface area (Å²) >= 11 is 7.00. The molecule has 4 heteroatoms. The minimum atomic E-state index is 0.741. The highest BCUT2D eigenvalue weighted by atomic mass is 79.9. The van der Waals surface area contributed by atoms with Gasteiger partial charge in [-0.3, -0.25) is 0 Å². The summed E-state index contributed by atoms with van der Waals surface area (Å²) in [5.41, 5.74) is 12.0. The first-order valence-corrected chi connectivity index (χ1v) is 9.41. The molecular formula is C21H14Br2N2. The van der Waals surface area contributed by atoms with Crippen LogP contribution in [0.25, 0.3) is 33.3 Å². The van der Waals surface area contributed by atoms with E-state index in [0.717, 1.165) is 47.9 Å². The molecule has 0 saturated carbocycles. The molecule has 1 heterocycles. The van der Waals surface area contributed by atoms with Gasteiger partial charge in [0.05, 0.1) is 11.2 Å². The van der Waals surface area contributed by atoms with Crippen LogP contribution in [0.15, 0.2) is 81.7 Å². The van der Waals surface area contributed by atoms with Gasteiger partial charge in [-0.1, -0.05) is 62.2 Å². The van der Waals surface area contributed by atoms with Crippen molar-refractivity contribution in [2.75, 3.05) is 5.73 Å². The van der Waals surface area contributed by atoms with Crippen LogP contribution in [-0.4, -0.2) is 4.98 Å². The molecule has 0 unspecified atom stereocenters. The first-order chi connectivity index (χ1) is 12.1. The summed E-state index contributed by atoms with van der Waals surface area (Å²) < 4.78 is 2.10. The molecule has 0 aliphatic carbocycles. The van der Waals surface area contributed by atoms with Crippen LogP contribution in [0.3, 0.4) is 0 Å². The molecule has 25 heavy (non-hydrogen) atoms. The molecule has 4 rings (SSSR count). The number of rotatable bonds is 2. The summed E-state index contributed by atoms with van der Waals surface area (Å²) in [6, 6.07) is 24.5. The molecule has 0 radical (unpaired) electrons. The van der Waals surface area contributed by atoms with Crippen LogP contribution in [0.1, 0.15) is 0 Å². The van der Waals surface area contributed by atoms with Gasteiger partial charge in [-0.25, -0.2) is 4.98 Å². The number of anilines is 1. The highest BCUT2D eigenvalue weighted by Gasteiger charge is 2.12. The summed E-state index contributed by atoms with van der Waals surface area (Å²) in [7, 11) is 0. The Kier molecular flexibility index (Phi) is 4.32. The topological polar surface area (TPSA) is 38.9 Å². The van der Waals surface area contributed by atoms with E-state index in [0.29, 0.717) is 0 Å². The fourth-order valence-electron chi connectivity index (χ4n) is 2.90. The fourth-order valence-corrected chi connectivity index (χ4v) is 3.42. The van der Waals surface area contributed by atoms with Gasteiger partial charge in [0.1, 0.15) is 0 Å². The predicted molar refractivity (Wildman–Crippen MR) is 112 cm³/mol. The Balaban J connectivity index is 2.03. The van der Waals surface area contributed by atoms with Crippen LogP contribution in [0.2, 0.25) is 0 Å². The zero-order valence-electron chi connectivity index (χ0n) is 13.2. The molecule has 3 aromatic carbocycles. The van der Waals surface area contributed by atoms with E-state index in [4.69, 9.17) is 10.7 Å². The van der Waals surface area contributed by atoms with Crippen molar-refractivity contribution in [3.05, 3.63) is 81.7 Å². The number of halogens is 2. The minimum absolute atomic E-state index is 0.741. The highest BCUT2D eigenvalue weighted by Crippen LogP contribution is 2.35. The molecule has 0 amide bonds. The summed E-state index contributed by atoms with van der Waals surface area (Å²) in [6.45, 7) is 0. The second kappa shape index (κ2) is 6.62. The Bertz CT molecular complexity index is 1060. The number of hydrogen-bond donors (Lipinski definition) is 1. The molecule has 122 valence electrons. The van der Waals surface area contributed by atoms with E-state index >= 15 is 0 Å². The van der Waals surface area contributed by atoms with Crippen molar-refractivity contribution in [1.82, 2.24) is 4.98 Å². The normalized spacial score (nSPS) is 11.0. The molecule has 0 aliphatic rings. The number of hydrogen-bond acceptors (Lipinski definition) is 2. The Morgan fingerprint density at radius 3 is 1.96 bits per heavy atom. The predicted octanol–water partition coefficient (Wildman–Crippen LogP) is 6.68. The Labute approximate surface area is 163 Å². The van der Waals surface area contributed by atoms with Gasteiger partial charge in [0.2, 0.25) is 0 Å². The number of aromatic nitrogens is 1. The largest absolute Gasteiger partial charge is 0.398 e. The van der Waals surface area contributed by atoms with Gasteiger partial charge in [-0.05, 0) is 48.0 Å². The first-order valence-electron chi connectivity index (χ1n) is 7.83. The molecule has 2 N–H and O–H groups in total. The van der Waals surface area contributed by atoms with Crippen LogP contribution >= 0.6 is 31.9 Å². The van der Waals surface area contributed by atoms with Crippen LogP contribution in [0.4, 0.5) is 5.69 Å². The number of pyridine rings is 1. The lowest BCUT2D eigenvalue weighted by molar-refractivity contribution is 1.39. The monoisotopic (exact) mass is 452 g/mol. The maximum atomic E-state index is 6.18. The number of fused-ring (bicyclic) bond motifs is 1. The Hall–Kier alpha value is -2.17. The molecule has 0 saturated heterocycles. The van der Waals surface area contributed by atoms with Gasteiger partial charge in [0, 0.05) is 31.1 Å². The number of nitrogens with zero attached hydrogens (tertiary/aromatic N) is 1. The summed E-state index contributed by atoms with van der Waals surface area (Å²) in [6.07, 6.45) is 0. The van der Waals surface area contributed by atoms with Gasteiger partial charge in [0.25, 0.3) is 0 Å². The standard InChI is InChI=1S/C21H14Br2N2/c22-15-8-4-13(5-9-15)17-12-18-19(24)2-1-3-20(18)25-21(17)14-6-10-16(23)11-7-14/h1-12H,24H2. The van der Waals surface area contributed by atoms with Crippen molar-refractivity contribution in [2.24, 2.45) is 0 Å².